The molecule has 5 heteroatoms. The molecule has 0 saturated heterocycles. The van der Waals surface area contributed by atoms with E-state index < -0.39 is 0 Å². The van der Waals surface area contributed by atoms with E-state index in [2.05, 4.69) is 16.1 Å². The van der Waals surface area contributed by atoms with E-state index in [0.717, 1.165) is 31.2 Å². The Morgan fingerprint density at radius 2 is 2.44 bits per heavy atom. The predicted molar refractivity (Wildman–Crippen MR) is 68.0 cm³/mol. The fourth-order valence-electron chi connectivity index (χ4n) is 1.84. The zero-order chi connectivity index (χ0) is 11.5. The molecular weight excluding hydrogens is 220 g/mol. The van der Waals surface area contributed by atoms with Crippen molar-refractivity contribution in [3.63, 3.8) is 0 Å². The van der Waals surface area contributed by atoms with Gasteiger partial charge in [0.1, 0.15) is 0 Å². The summed E-state index contributed by atoms with van der Waals surface area (Å²) in [5.41, 5.74) is 6.67. The minimum atomic E-state index is 0.603. The Kier molecular flexibility index (Phi) is 3.56. The number of hydrogen-bond acceptors (Lipinski definition) is 3. The minimum absolute atomic E-state index is 0.603. The SMILES string of the molecule is Cn1ccc(CN(CCC(N)=S)C2CC2)n1. The lowest BCUT2D eigenvalue weighted by Crippen LogP contribution is -2.29. The summed E-state index contributed by atoms with van der Waals surface area (Å²) in [6, 6.07) is 2.78. The minimum Gasteiger partial charge on any atom is -0.393 e. The summed E-state index contributed by atoms with van der Waals surface area (Å²) in [6.45, 7) is 1.87. The summed E-state index contributed by atoms with van der Waals surface area (Å²) in [6.07, 6.45) is 5.38. The second-order valence-electron chi connectivity index (χ2n) is 4.40. The Labute approximate surface area is 101 Å². The first-order valence-corrected chi connectivity index (χ1v) is 6.07. The number of nitrogens with zero attached hydrogens (tertiary/aromatic N) is 3. The van der Waals surface area contributed by atoms with Crippen molar-refractivity contribution >= 4 is 17.2 Å². The Hall–Kier alpha value is -0.940. The molecule has 4 nitrogen and oxygen atoms in total. The van der Waals surface area contributed by atoms with Gasteiger partial charge in [-0.2, -0.15) is 5.10 Å². The number of aryl methyl sites for hydroxylation is 1. The van der Waals surface area contributed by atoms with E-state index in [1.165, 1.54) is 12.8 Å². The van der Waals surface area contributed by atoms with Crippen LogP contribution in [0.2, 0.25) is 0 Å². The molecule has 0 aliphatic heterocycles. The summed E-state index contributed by atoms with van der Waals surface area (Å²) in [5, 5.41) is 4.40. The third-order valence-electron chi connectivity index (χ3n) is 2.84. The number of nitrogens with two attached hydrogens (primary N) is 1. The van der Waals surface area contributed by atoms with Crippen molar-refractivity contribution in [2.75, 3.05) is 6.54 Å². The third-order valence-corrected chi connectivity index (χ3v) is 3.05. The van der Waals surface area contributed by atoms with Gasteiger partial charge in [0.05, 0.1) is 10.7 Å². The van der Waals surface area contributed by atoms with Gasteiger partial charge in [0.25, 0.3) is 0 Å². The largest absolute Gasteiger partial charge is 0.393 e. The average Bonchev–Trinajstić information content (AvgIpc) is 2.98. The third kappa shape index (κ3) is 3.28. The lowest BCUT2D eigenvalue weighted by molar-refractivity contribution is 0.259. The van der Waals surface area contributed by atoms with Crippen molar-refractivity contribution in [3.8, 4) is 0 Å². The van der Waals surface area contributed by atoms with Crippen LogP contribution in [0.5, 0.6) is 0 Å². The molecule has 16 heavy (non-hydrogen) atoms. The Morgan fingerprint density at radius 1 is 1.69 bits per heavy atom. The number of thiocarbonyl (C=S) groups is 1. The fraction of sp³-hybridized carbons (Fsp3) is 0.636. The molecule has 1 aromatic rings. The van der Waals surface area contributed by atoms with Gasteiger partial charge in [-0.1, -0.05) is 12.2 Å². The average molecular weight is 238 g/mol. The molecule has 0 bridgehead atoms. The summed E-state index contributed by atoms with van der Waals surface area (Å²) in [7, 11) is 1.94. The van der Waals surface area contributed by atoms with Gasteiger partial charge >= 0.3 is 0 Å². The molecule has 0 aromatic carbocycles. The second kappa shape index (κ2) is 4.93. The van der Waals surface area contributed by atoms with E-state index in [-0.39, 0.29) is 0 Å². The first-order valence-electron chi connectivity index (χ1n) is 5.66. The molecular formula is C11H18N4S. The van der Waals surface area contributed by atoms with Crippen LogP contribution in [0.1, 0.15) is 25.0 Å². The topological polar surface area (TPSA) is 47.1 Å². The van der Waals surface area contributed by atoms with Crippen molar-refractivity contribution in [1.82, 2.24) is 14.7 Å². The molecule has 1 heterocycles. The van der Waals surface area contributed by atoms with Crippen LogP contribution >= 0.6 is 12.2 Å². The van der Waals surface area contributed by atoms with Crippen LogP contribution < -0.4 is 5.73 Å². The lowest BCUT2D eigenvalue weighted by Gasteiger charge is -2.20. The van der Waals surface area contributed by atoms with Crippen LogP contribution in [0.25, 0.3) is 0 Å². The maximum Gasteiger partial charge on any atom is 0.0764 e. The van der Waals surface area contributed by atoms with Crippen molar-refractivity contribution in [2.24, 2.45) is 12.8 Å². The zero-order valence-electron chi connectivity index (χ0n) is 9.59. The highest BCUT2D eigenvalue weighted by atomic mass is 32.1. The summed E-state index contributed by atoms with van der Waals surface area (Å²) in [4.78, 5) is 3.04. The molecule has 2 N–H and O–H groups in total. The zero-order valence-corrected chi connectivity index (χ0v) is 10.4. The highest BCUT2D eigenvalue weighted by Crippen LogP contribution is 2.28. The smallest absolute Gasteiger partial charge is 0.0764 e. The molecule has 1 aromatic heterocycles. The van der Waals surface area contributed by atoms with Gasteiger partial charge in [-0.25, -0.2) is 0 Å². The van der Waals surface area contributed by atoms with Crippen molar-refractivity contribution in [3.05, 3.63) is 18.0 Å². The first-order chi connectivity index (χ1) is 7.65. The van der Waals surface area contributed by atoms with Gasteiger partial charge in [0, 0.05) is 38.8 Å². The van der Waals surface area contributed by atoms with E-state index in [4.69, 9.17) is 18.0 Å². The van der Waals surface area contributed by atoms with Crippen molar-refractivity contribution in [1.29, 1.82) is 0 Å². The lowest BCUT2D eigenvalue weighted by atomic mass is 10.3. The van der Waals surface area contributed by atoms with Gasteiger partial charge in [-0.3, -0.25) is 9.58 Å². The summed E-state index contributed by atoms with van der Waals surface area (Å²) < 4.78 is 1.84. The van der Waals surface area contributed by atoms with Gasteiger partial charge in [0.2, 0.25) is 0 Å². The van der Waals surface area contributed by atoms with Gasteiger partial charge in [0.15, 0.2) is 0 Å². The van der Waals surface area contributed by atoms with E-state index in [1.807, 2.05) is 17.9 Å². The van der Waals surface area contributed by atoms with E-state index >= 15 is 0 Å². The van der Waals surface area contributed by atoms with Crippen molar-refractivity contribution in [2.45, 2.75) is 31.8 Å². The fourth-order valence-corrected chi connectivity index (χ4v) is 1.93. The van der Waals surface area contributed by atoms with Gasteiger partial charge in [-0.05, 0) is 18.9 Å². The molecule has 1 saturated carbocycles. The van der Waals surface area contributed by atoms with Gasteiger partial charge < -0.3 is 5.73 Å². The van der Waals surface area contributed by atoms with Crippen molar-refractivity contribution < 1.29 is 0 Å². The molecule has 88 valence electrons. The molecule has 0 amide bonds. The van der Waals surface area contributed by atoms with Crippen LogP contribution in [0.4, 0.5) is 0 Å². The maximum absolute atomic E-state index is 5.54. The van der Waals surface area contributed by atoms with Crippen LogP contribution in [-0.4, -0.2) is 32.3 Å². The van der Waals surface area contributed by atoms with Gasteiger partial charge in [-0.15, -0.1) is 0 Å². The quantitative estimate of drug-likeness (QED) is 0.753. The maximum atomic E-state index is 5.54. The number of rotatable bonds is 6. The molecule has 0 unspecified atom stereocenters. The van der Waals surface area contributed by atoms with Crippen LogP contribution in [0.15, 0.2) is 12.3 Å². The molecule has 2 rings (SSSR count). The highest BCUT2D eigenvalue weighted by molar-refractivity contribution is 7.80. The van der Waals surface area contributed by atoms with E-state index in [1.54, 1.807) is 0 Å². The predicted octanol–water partition coefficient (Wildman–Crippen LogP) is 1.06. The second-order valence-corrected chi connectivity index (χ2v) is 4.92. The monoisotopic (exact) mass is 238 g/mol. The molecule has 0 radical (unpaired) electrons. The molecule has 1 aliphatic carbocycles. The van der Waals surface area contributed by atoms with E-state index in [0.29, 0.717) is 4.99 Å². The Morgan fingerprint density at radius 3 is 2.94 bits per heavy atom. The van der Waals surface area contributed by atoms with Crippen LogP contribution in [0, 0.1) is 0 Å². The first kappa shape index (κ1) is 11.5. The number of aromatic nitrogens is 2. The summed E-state index contributed by atoms with van der Waals surface area (Å²) >= 11 is 4.92. The molecule has 1 aliphatic rings. The highest BCUT2D eigenvalue weighted by Gasteiger charge is 2.28. The molecule has 0 spiro atoms. The standard InChI is InChI=1S/C11H18N4S/c1-14-6-4-9(13-14)8-15(10-2-3-10)7-5-11(12)16/h4,6,10H,2-3,5,7-8H2,1H3,(H2,12,16). The molecule has 1 fully saturated rings. The van der Waals surface area contributed by atoms with Crippen LogP contribution in [-0.2, 0) is 13.6 Å². The van der Waals surface area contributed by atoms with E-state index in [9.17, 15) is 0 Å². The summed E-state index contributed by atoms with van der Waals surface area (Å²) in [5.74, 6) is 0. The van der Waals surface area contributed by atoms with Crippen LogP contribution in [0.3, 0.4) is 0 Å². The normalized spacial score (nSPS) is 15.6. The number of hydrogen-bond donors (Lipinski definition) is 1. The Bertz CT molecular complexity index is 370. The Balaban J connectivity index is 1.89. The molecule has 0 atom stereocenters.